The third-order valence-corrected chi connectivity index (χ3v) is 2.76. The number of hydrogen-bond donors (Lipinski definition) is 3. The molecule has 0 unspecified atom stereocenters. The highest BCUT2D eigenvalue weighted by atomic mass is 16.5. The lowest BCUT2D eigenvalue weighted by Gasteiger charge is -2.10. The molecule has 0 heterocycles. The summed E-state index contributed by atoms with van der Waals surface area (Å²) < 4.78 is 10.1. The summed E-state index contributed by atoms with van der Waals surface area (Å²) in [4.78, 5) is 33.6. The summed E-state index contributed by atoms with van der Waals surface area (Å²) in [6.45, 7) is 0. The predicted octanol–water partition coefficient (Wildman–Crippen LogP) is 0.720. The molecule has 1 aromatic carbocycles. The number of carboxylic acid groups (broad SMARTS) is 1. The van der Waals surface area contributed by atoms with Gasteiger partial charge < -0.3 is 14.6 Å². The minimum atomic E-state index is -0.970. The van der Waals surface area contributed by atoms with E-state index in [4.69, 9.17) is 14.6 Å². The molecule has 0 aliphatic rings. The van der Waals surface area contributed by atoms with Crippen molar-refractivity contribution in [1.29, 1.82) is 0 Å². The number of nitrogens with one attached hydrogen (secondary N) is 2. The normalized spacial score (nSPS) is 9.73. The van der Waals surface area contributed by atoms with Crippen LogP contribution >= 0.6 is 0 Å². The smallest absolute Gasteiger partial charge is 0.303 e. The Bertz CT molecular complexity index is 558. The van der Waals surface area contributed by atoms with Gasteiger partial charge in [-0.25, -0.2) is 0 Å². The van der Waals surface area contributed by atoms with Crippen LogP contribution < -0.4 is 20.3 Å². The molecule has 0 aliphatic heterocycles. The summed E-state index contributed by atoms with van der Waals surface area (Å²) in [5, 5.41) is 8.46. The van der Waals surface area contributed by atoms with E-state index in [0.29, 0.717) is 11.5 Å². The molecule has 0 saturated heterocycles. The first kappa shape index (κ1) is 17.3. The Labute approximate surface area is 127 Å². The SMILES string of the molecule is COc1ccc(C(=O)NNC(=O)CCCC(=O)O)cc1OC. The molecule has 3 N–H and O–H groups in total. The number of carbonyl (C=O) groups is 3. The van der Waals surface area contributed by atoms with Crippen LogP contribution in [0.25, 0.3) is 0 Å². The standard InChI is InChI=1S/C14H18N2O6/c1-21-10-7-6-9(8-11(10)22-2)14(20)16-15-12(17)4-3-5-13(18)19/h6-8H,3-5H2,1-2H3,(H,15,17)(H,16,20)(H,18,19). The van der Waals surface area contributed by atoms with Crippen LogP contribution in [0, 0.1) is 0 Å². The molecule has 8 nitrogen and oxygen atoms in total. The van der Waals surface area contributed by atoms with E-state index in [1.54, 1.807) is 6.07 Å². The van der Waals surface area contributed by atoms with Crippen molar-refractivity contribution in [3.05, 3.63) is 23.8 Å². The van der Waals surface area contributed by atoms with Gasteiger partial charge in [-0.05, 0) is 24.6 Å². The molecule has 0 spiro atoms. The highest BCUT2D eigenvalue weighted by Gasteiger charge is 2.11. The number of aliphatic carboxylic acids is 1. The molecule has 0 radical (unpaired) electrons. The topological polar surface area (TPSA) is 114 Å². The fourth-order valence-corrected chi connectivity index (χ4v) is 1.64. The monoisotopic (exact) mass is 310 g/mol. The van der Waals surface area contributed by atoms with Gasteiger partial charge in [0.15, 0.2) is 11.5 Å². The first-order valence-corrected chi connectivity index (χ1v) is 6.51. The van der Waals surface area contributed by atoms with Gasteiger partial charge in [0.25, 0.3) is 5.91 Å². The lowest BCUT2D eigenvalue weighted by Crippen LogP contribution is -2.41. The Morgan fingerprint density at radius 2 is 1.73 bits per heavy atom. The quantitative estimate of drug-likeness (QED) is 0.639. The highest BCUT2D eigenvalue weighted by molar-refractivity contribution is 5.96. The lowest BCUT2D eigenvalue weighted by atomic mass is 10.2. The van der Waals surface area contributed by atoms with E-state index in [1.807, 2.05) is 0 Å². The fourth-order valence-electron chi connectivity index (χ4n) is 1.64. The summed E-state index contributed by atoms with van der Waals surface area (Å²) >= 11 is 0. The van der Waals surface area contributed by atoms with Gasteiger partial charge in [0.2, 0.25) is 5.91 Å². The minimum Gasteiger partial charge on any atom is -0.493 e. The van der Waals surface area contributed by atoms with Crippen molar-refractivity contribution in [3.8, 4) is 11.5 Å². The van der Waals surface area contributed by atoms with E-state index in [2.05, 4.69) is 10.9 Å². The van der Waals surface area contributed by atoms with Crippen LogP contribution in [0.5, 0.6) is 11.5 Å². The molecular weight excluding hydrogens is 292 g/mol. The first-order chi connectivity index (χ1) is 10.5. The maximum absolute atomic E-state index is 11.9. The Morgan fingerprint density at radius 3 is 2.32 bits per heavy atom. The zero-order valence-electron chi connectivity index (χ0n) is 12.3. The molecule has 120 valence electrons. The molecule has 0 aromatic heterocycles. The van der Waals surface area contributed by atoms with Gasteiger partial charge in [0, 0.05) is 18.4 Å². The lowest BCUT2D eigenvalue weighted by molar-refractivity contribution is -0.137. The van der Waals surface area contributed by atoms with Crippen molar-refractivity contribution in [2.45, 2.75) is 19.3 Å². The van der Waals surface area contributed by atoms with Gasteiger partial charge in [0.1, 0.15) is 0 Å². The number of carboxylic acids is 1. The third-order valence-electron chi connectivity index (χ3n) is 2.76. The summed E-state index contributed by atoms with van der Waals surface area (Å²) in [5.74, 6) is -1.08. The van der Waals surface area contributed by atoms with Gasteiger partial charge in [-0.2, -0.15) is 0 Å². The predicted molar refractivity (Wildman–Crippen MR) is 76.6 cm³/mol. The average molecular weight is 310 g/mol. The Kier molecular flexibility index (Phi) is 6.68. The number of benzene rings is 1. The summed E-state index contributed by atoms with van der Waals surface area (Å²) in [6, 6.07) is 4.57. The molecule has 0 aliphatic carbocycles. The Balaban J connectivity index is 2.51. The van der Waals surface area contributed by atoms with Crippen LogP contribution in [0.3, 0.4) is 0 Å². The molecule has 22 heavy (non-hydrogen) atoms. The number of ether oxygens (including phenoxy) is 2. The number of rotatable bonds is 7. The maximum Gasteiger partial charge on any atom is 0.303 e. The van der Waals surface area contributed by atoms with E-state index in [-0.39, 0.29) is 24.8 Å². The molecule has 1 rings (SSSR count). The van der Waals surface area contributed by atoms with Crippen molar-refractivity contribution in [1.82, 2.24) is 10.9 Å². The number of carbonyl (C=O) groups excluding carboxylic acids is 2. The van der Waals surface area contributed by atoms with Crippen LogP contribution in [-0.4, -0.2) is 37.1 Å². The molecule has 0 saturated carbocycles. The molecule has 0 fully saturated rings. The second-order valence-corrected chi connectivity index (χ2v) is 4.32. The zero-order chi connectivity index (χ0) is 16.5. The van der Waals surface area contributed by atoms with Crippen LogP contribution in [-0.2, 0) is 9.59 Å². The highest BCUT2D eigenvalue weighted by Crippen LogP contribution is 2.27. The number of amides is 2. The molecule has 0 bridgehead atoms. The molecule has 2 amide bonds. The van der Waals surface area contributed by atoms with E-state index in [0.717, 1.165) is 0 Å². The fraction of sp³-hybridized carbons (Fsp3) is 0.357. The van der Waals surface area contributed by atoms with Gasteiger partial charge in [-0.15, -0.1) is 0 Å². The summed E-state index contributed by atoms with van der Waals surface area (Å²) in [7, 11) is 2.93. The van der Waals surface area contributed by atoms with Crippen molar-refractivity contribution in [2.75, 3.05) is 14.2 Å². The van der Waals surface area contributed by atoms with Crippen molar-refractivity contribution in [2.24, 2.45) is 0 Å². The molecule has 8 heteroatoms. The van der Waals surface area contributed by atoms with Crippen LogP contribution in [0.4, 0.5) is 0 Å². The van der Waals surface area contributed by atoms with Crippen LogP contribution in [0.2, 0.25) is 0 Å². The number of hydrazine groups is 1. The van der Waals surface area contributed by atoms with Gasteiger partial charge >= 0.3 is 5.97 Å². The number of methoxy groups -OCH3 is 2. The van der Waals surface area contributed by atoms with E-state index >= 15 is 0 Å². The molecule has 0 atom stereocenters. The minimum absolute atomic E-state index is 0.0124. The van der Waals surface area contributed by atoms with Crippen LogP contribution in [0.15, 0.2) is 18.2 Å². The second-order valence-electron chi connectivity index (χ2n) is 4.32. The Morgan fingerprint density at radius 1 is 1.05 bits per heavy atom. The van der Waals surface area contributed by atoms with Crippen molar-refractivity contribution in [3.63, 3.8) is 0 Å². The Hall–Kier alpha value is -2.77. The largest absolute Gasteiger partial charge is 0.493 e. The van der Waals surface area contributed by atoms with Crippen LogP contribution in [0.1, 0.15) is 29.6 Å². The zero-order valence-corrected chi connectivity index (χ0v) is 12.3. The van der Waals surface area contributed by atoms with Gasteiger partial charge in [0.05, 0.1) is 14.2 Å². The number of hydrogen-bond acceptors (Lipinski definition) is 5. The first-order valence-electron chi connectivity index (χ1n) is 6.51. The van der Waals surface area contributed by atoms with Gasteiger partial charge in [-0.3, -0.25) is 25.2 Å². The third kappa shape index (κ3) is 5.31. The maximum atomic E-state index is 11.9. The van der Waals surface area contributed by atoms with Crippen molar-refractivity contribution < 1.29 is 29.0 Å². The van der Waals surface area contributed by atoms with E-state index < -0.39 is 17.8 Å². The van der Waals surface area contributed by atoms with E-state index in [9.17, 15) is 14.4 Å². The van der Waals surface area contributed by atoms with Crippen molar-refractivity contribution >= 4 is 17.8 Å². The summed E-state index contributed by atoms with van der Waals surface area (Å²) in [5.41, 5.74) is 4.74. The summed E-state index contributed by atoms with van der Waals surface area (Å²) in [6.07, 6.45) is 0.114. The second kappa shape index (κ2) is 8.50. The molecule has 1 aromatic rings. The molecular formula is C14H18N2O6. The van der Waals surface area contributed by atoms with E-state index in [1.165, 1.54) is 26.4 Å². The average Bonchev–Trinajstić information content (AvgIpc) is 2.51. The van der Waals surface area contributed by atoms with Gasteiger partial charge in [-0.1, -0.05) is 0 Å².